The molecule has 0 unspecified atom stereocenters. The van der Waals surface area contributed by atoms with E-state index in [2.05, 4.69) is 20.6 Å². The molecule has 1 heterocycles. The van der Waals surface area contributed by atoms with Gasteiger partial charge in [0.2, 0.25) is 5.95 Å². The lowest BCUT2D eigenvalue weighted by molar-refractivity contribution is 0.100. The standard InChI is InChI=1S/C21H18N4O3/c1-13(26)15-5-3-7-18(9-15)24-20(28)17-11-22-21(23-12-17)25-19-8-4-6-16(10-19)14(2)27/h3-12H,1-2H3,(H,24,28)(H,22,23,25). The summed E-state index contributed by atoms with van der Waals surface area (Å²) >= 11 is 0. The van der Waals surface area contributed by atoms with E-state index >= 15 is 0 Å². The Morgan fingerprint density at radius 1 is 0.750 bits per heavy atom. The maximum absolute atomic E-state index is 12.4. The number of carbonyl (C=O) groups excluding carboxylic acids is 3. The molecule has 0 atom stereocenters. The first-order valence-electron chi connectivity index (χ1n) is 8.55. The Labute approximate surface area is 161 Å². The number of nitrogens with one attached hydrogen (secondary N) is 2. The minimum absolute atomic E-state index is 0.0366. The molecule has 7 nitrogen and oxygen atoms in total. The monoisotopic (exact) mass is 374 g/mol. The quantitative estimate of drug-likeness (QED) is 0.635. The Kier molecular flexibility index (Phi) is 5.55. The van der Waals surface area contributed by atoms with E-state index in [1.54, 1.807) is 48.5 Å². The Morgan fingerprint density at radius 3 is 1.86 bits per heavy atom. The Bertz CT molecular complexity index is 1050. The highest BCUT2D eigenvalue weighted by atomic mass is 16.1. The topological polar surface area (TPSA) is 101 Å². The number of hydrogen-bond donors (Lipinski definition) is 2. The van der Waals surface area contributed by atoms with Gasteiger partial charge in [0.15, 0.2) is 11.6 Å². The molecule has 0 aliphatic rings. The number of carbonyl (C=O) groups is 3. The molecule has 2 aromatic carbocycles. The molecule has 0 fully saturated rings. The summed E-state index contributed by atoms with van der Waals surface area (Å²) in [5.41, 5.74) is 2.55. The minimum Gasteiger partial charge on any atom is -0.324 e. The maximum atomic E-state index is 12.4. The van der Waals surface area contributed by atoms with E-state index in [1.807, 2.05) is 0 Å². The molecule has 140 valence electrons. The van der Waals surface area contributed by atoms with Crippen LogP contribution in [0.15, 0.2) is 60.9 Å². The van der Waals surface area contributed by atoms with Crippen molar-refractivity contribution < 1.29 is 14.4 Å². The molecular formula is C21H18N4O3. The molecule has 28 heavy (non-hydrogen) atoms. The largest absolute Gasteiger partial charge is 0.324 e. The summed E-state index contributed by atoms with van der Waals surface area (Å²) in [7, 11) is 0. The van der Waals surface area contributed by atoms with Crippen molar-refractivity contribution in [3.63, 3.8) is 0 Å². The van der Waals surface area contributed by atoms with Crippen molar-refractivity contribution in [2.24, 2.45) is 0 Å². The number of rotatable bonds is 6. The number of ketones is 2. The Balaban J connectivity index is 1.69. The van der Waals surface area contributed by atoms with Crippen molar-refractivity contribution in [2.75, 3.05) is 10.6 Å². The molecule has 0 saturated carbocycles. The van der Waals surface area contributed by atoms with Gasteiger partial charge in [-0.15, -0.1) is 0 Å². The summed E-state index contributed by atoms with van der Waals surface area (Å²) in [4.78, 5) is 43.5. The van der Waals surface area contributed by atoms with Crippen LogP contribution in [0.25, 0.3) is 0 Å². The lowest BCUT2D eigenvalue weighted by atomic mass is 10.1. The van der Waals surface area contributed by atoms with Gasteiger partial charge in [-0.25, -0.2) is 9.97 Å². The molecule has 7 heteroatoms. The molecule has 1 amide bonds. The second-order valence-electron chi connectivity index (χ2n) is 6.15. The summed E-state index contributed by atoms with van der Waals surface area (Å²) in [5, 5.41) is 5.70. The van der Waals surface area contributed by atoms with Crippen LogP contribution in [0.4, 0.5) is 17.3 Å². The fourth-order valence-corrected chi connectivity index (χ4v) is 2.47. The zero-order chi connectivity index (χ0) is 20.1. The van der Waals surface area contributed by atoms with Crippen molar-refractivity contribution in [3.05, 3.63) is 77.6 Å². The fourth-order valence-electron chi connectivity index (χ4n) is 2.47. The SMILES string of the molecule is CC(=O)c1cccc(NC(=O)c2cnc(Nc3cccc(C(C)=O)c3)nc2)c1. The van der Waals surface area contributed by atoms with Gasteiger partial charge in [-0.3, -0.25) is 14.4 Å². The third kappa shape index (κ3) is 4.64. The van der Waals surface area contributed by atoms with Crippen LogP contribution in [0.2, 0.25) is 0 Å². The first-order valence-corrected chi connectivity index (χ1v) is 8.55. The van der Waals surface area contributed by atoms with E-state index in [0.717, 1.165) is 0 Å². The van der Waals surface area contributed by atoms with E-state index in [1.165, 1.54) is 26.2 Å². The number of aromatic nitrogens is 2. The van der Waals surface area contributed by atoms with Crippen molar-refractivity contribution >= 4 is 34.8 Å². The first-order chi connectivity index (χ1) is 13.4. The number of benzene rings is 2. The van der Waals surface area contributed by atoms with E-state index in [9.17, 15) is 14.4 Å². The van der Waals surface area contributed by atoms with Crippen LogP contribution in [0, 0.1) is 0 Å². The fraction of sp³-hybridized carbons (Fsp3) is 0.0952. The molecule has 3 aromatic rings. The zero-order valence-electron chi connectivity index (χ0n) is 15.4. The van der Waals surface area contributed by atoms with E-state index in [4.69, 9.17) is 0 Å². The zero-order valence-corrected chi connectivity index (χ0v) is 15.4. The number of amides is 1. The smallest absolute Gasteiger partial charge is 0.258 e. The average Bonchev–Trinajstić information content (AvgIpc) is 2.69. The molecule has 0 spiro atoms. The summed E-state index contributed by atoms with van der Waals surface area (Å²) in [6.07, 6.45) is 2.79. The summed E-state index contributed by atoms with van der Waals surface area (Å²) in [6.45, 7) is 2.96. The Hall–Kier alpha value is -3.87. The lowest BCUT2D eigenvalue weighted by Gasteiger charge is -2.08. The van der Waals surface area contributed by atoms with Gasteiger partial charge in [0, 0.05) is 34.9 Å². The van der Waals surface area contributed by atoms with Gasteiger partial charge < -0.3 is 10.6 Å². The van der Waals surface area contributed by atoms with Gasteiger partial charge in [-0.05, 0) is 38.1 Å². The molecule has 0 bridgehead atoms. The van der Waals surface area contributed by atoms with E-state index in [-0.39, 0.29) is 23.0 Å². The minimum atomic E-state index is -0.383. The number of anilines is 3. The second kappa shape index (κ2) is 8.22. The van der Waals surface area contributed by atoms with Crippen LogP contribution >= 0.6 is 0 Å². The van der Waals surface area contributed by atoms with Gasteiger partial charge in [-0.1, -0.05) is 24.3 Å². The summed E-state index contributed by atoms with van der Waals surface area (Å²) in [5.74, 6) is -0.198. The van der Waals surface area contributed by atoms with Crippen molar-refractivity contribution in [1.29, 1.82) is 0 Å². The van der Waals surface area contributed by atoms with Gasteiger partial charge in [-0.2, -0.15) is 0 Å². The van der Waals surface area contributed by atoms with Crippen LogP contribution in [-0.4, -0.2) is 27.4 Å². The number of nitrogens with zero attached hydrogens (tertiary/aromatic N) is 2. The molecule has 0 saturated heterocycles. The van der Waals surface area contributed by atoms with Crippen molar-refractivity contribution in [2.45, 2.75) is 13.8 Å². The second-order valence-corrected chi connectivity index (χ2v) is 6.15. The third-order valence-corrected chi connectivity index (χ3v) is 3.97. The van der Waals surface area contributed by atoms with Gasteiger partial charge in [0.25, 0.3) is 5.91 Å². The van der Waals surface area contributed by atoms with E-state index < -0.39 is 0 Å². The van der Waals surface area contributed by atoms with Crippen molar-refractivity contribution in [3.8, 4) is 0 Å². The number of Topliss-reactive ketones (excluding diaryl/α,β-unsaturated/α-hetero) is 2. The molecule has 2 N–H and O–H groups in total. The average molecular weight is 374 g/mol. The highest BCUT2D eigenvalue weighted by molar-refractivity contribution is 6.04. The highest BCUT2D eigenvalue weighted by Crippen LogP contribution is 2.16. The number of hydrogen-bond acceptors (Lipinski definition) is 6. The maximum Gasteiger partial charge on any atom is 0.258 e. The summed E-state index contributed by atoms with van der Waals surface area (Å²) in [6, 6.07) is 13.7. The van der Waals surface area contributed by atoms with Crippen LogP contribution in [0.3, 0.4) is 0 Å². The predicted octanol–water partition coefficient (Wildman–Crippen LogP) is 3.88. The third-order valence-electron chi connectivity index (χ3n) is 3.97. The summed E-state index contributed by atoms with van der Waals surface area (Å²) < 4.78 is 0. The van der Waals surface area contributed by atoms with Crippen LogP contribution in [0.1, 0.15) is 44.9 Å². The molecular weight excluding hydrogens is 356 g/mol. The molecule has 1 aromatic heterocycles. The molecule has 0 aliphatic carbocycles. The normalized spacial score (nSPS) is 10.2. The van der Waals surface area contributed by atoms with Crippen LogP contribution in [0.5, 0.6) is 0 Å². The highest BCUT2D eigenvalue weighted by Gasteiger charge is 2.09. The predicted molar refractivity (Wildman–Crippen MR) is 106 cm³/mol. The van der Waals surface area contributed by atoms with Gasteiger partial charge >= 0.3 is 0 Å². The lowest BCUT2D eigenvalue weighted by Crippen LogP contribution is -2.13. The van der Waals surface area contributed by atoms with Crippen LogP contribution in [-0.2, 0) is 0 Å². The van der Waals surface area contributed by atoms with Crippen LogP contribution < -0.4 is 10.6 Å². The molecule has 0 radical (unpaired) electrons. The van der Waals surface area contributed by atoms with Gasteiger partial charge in [0.05, 0.1) is 5.56 Å². The van der Waals surface area contributed by atoms with E-state index in [0.29, 0.717) is 28.5 Å². The molecule has 3 rings (SSSR count). The van der Waals surface area contributed by atoms with Gasteiger partial charge in [0.1, 0.15) is 0 Å². The first kappa shape index (κ1) is 18.9. The Morgan fingerprint density at radius 2 is 1.29 bits per heavy atom. The van der Waals surface area contributed by atoms with Crippen molar-refractivity contribution in [1.82, 2.24) is 9.97 Å². The molecule has 0 aliphatic heterocycles.